The molecule has 2 atom stereocenters. The van der Waals surface area contributed by atoms with E-state index in [1.807, 2.05) is 14.0 Å². The standard InChI is InChI=1S/C17H25N3O2/c1-3-11-18-17(22)19-16(21)12-20(2)15-10-6-8-13-7-4-5-9-14(13)15/h4-5,7,9,15H,3,6,8,10-12H2,1-2H3,(H2,18,19,21,22)/p+1/t15-/m0/s1. The summed E-state index contributed by atoms with van der Waals surface area (Å²) in [6.07, 6.45) is 4.20. The molecule has 0 aliphatic heterocycles. The number of urea groups is 1. The third-order valence-corrected chi connectivity index (χ3v) is 4.19. The van der Waals surface area contributed by atoms with E-state index in [0.717, 1.165) is 30.6 Å². The predicted molar refractivity (Wildman–Crippen MR) is 85.7 cm³/mol. The quantitative estimate of drug-likeness (QED) is 0.754. The summed E-state index contributed by atoms with van der Waals surface area (Å²) in [6, 6.07) is 8.39. The molecule has 0 heterocycles. The number of quaternary nitrogens is 1. The molecule has 1 aliphatic carbocycles. The maximum absolute atomic E-state index is 12.0. The van der Waals surface area contributed by atoms with E-state index < -0.39 is 6.03 Å². The van der Waals surface area contributed by atoms with Crippen LogP contribution in [0.2, 0.25) is 0 Å². The van der Waals surface area contributed by atoms with Crippen LogP contribution in [-0.4, -0.2) is 32.1 Å². The Bertz CT molecular complexity index is 530. The average Bonchev–Trinajstić information content (AvgIpc) is 2.52. The van der Waals surface area contributed by atoms with Gasteiger partial charge in [0.15, 0.2) is 6.54 Å². The molecule has 2 rings (SSSR count). The van der Waals surface area contributed by atoms with Gasteiger partial charge in [-0.05, 0) is 24.8 Å². The van der Waals surface area contributed by atoms with Crippen LogP contribution in [0.4, 0.5) is 4.79 Å². The Balaban J connectivity index is 1.91. The molecule has 0 saturated heterocycles. The number of imide groups is 1. The first-order chi connectivity index (χ1) is 10.6. The molecule has 3 amide bonds. The van der Waals surface area contributed by atoms with E-state index in [4.69, 9.17) is 0 Å². The fourth-order valence-electron chi connectivity index (χ4n) is 3.10. The second-order valence-electron chi connectivity index (χ2n) is 5.97. The highest BCUT2D eigenvalue weighted by Gasteiger charge is 2.28. The number of benzene rings is 1. The van der Waals surface area contributed by atoms with Gasteiger partial charge in [-0.2, -0.15) is 0 Å². The summed E-state index contributed by atoms with van der Waals surface area (Å²) in [6.45, 7) is 2.86. The molecule has 1 aliphatic rings. The first-order valence-corrected chi connectivity index (χ1v) is 8.09. The van der Waals surface area contributed by atoms with Crippen LogP contribution in [0.5, 0.6) is 0 Å². The van der Waals surface area contributed by atoms with Crippen molar-refractivity contribution in [1.82, 2.24) is 10.6 Å². The Morgan fingerprint density at radius 2 is 2.09 bits per heavy atom. The maximum atomic E-state index is 12.0. The zero-order valence-electron chi connectivity index (χ0n) is 13.4. The van der Waals surface area contributed by atoms with E-state index in [1.54, 1.807) is 0 Å². The van der Waals surface area contributed by atoms with Crippen LogP contribution < -0.4 is 15.5 Å². The summed E-state index contributed by atoms with van der Waals surface area (Å²) >= 11 is 0. The number of amides is 3. The average molecular weight is 304 g/mol. The van der Waals surface area contributed by atoms with Gasteiger partial charge in [-0.25, -0.2) is 4.79 Å². The normalized spacial score (nSPS) is 18.2. The van der Waals surface area contributed by atoms with E-state index in [1.165, 1.54) is 11.1 Å². The minimum absolute atomic E-state index is 0.228. The van der Waals surface area contributed by atoms with Crippen molar-refractivity contribution < 1.29 is 14.5 Å². The Morgan fingerprint density at radius 3 is 2.86 bits per heavy atom. The highest BCUT2D eigenvalue weighted by molar-refractivity contribution is 5.94. The van der Waals surface area contributed by atoms with E-state index in [2.05, 4.69) is 34.9 Å². The molecule has 120 valence electrons. The number of fused-ring (bicyclic) bond motifs is 1. The lowest BCUT2D eigenvalue weighted by Crippen LogP contribution is -3.10. The lowest BCUT2D eigenvalue weighted by atomic mass is 9.87. The van der Waals surface area contributed by atoms with Gasteiger partial charge < -0.3 is 10.2 Å². The van der Waals surface area contributed by atoms with Crippen molar-refractivity contribution in [1.29, 1.82) is 0 Å². The van der Waals surface area contributed by atoms with Crippen molar-refractivity contribution in [2.45, 2.75) is 38.6 Å². The van der Waals surface area contributed by atoms with Crippen LogP contribution in [0.15, 0.2) is 24.3 Å². The van der Waals surface area contributed by atoms with E-state index in [9.17, 15) is 9.59 Å². The topological polar surface area (TPSA) is 62.6 Å². The summed E-state index contributed by atoms with van der Waals surface area (Å²) in [7, 11) is 2.02. The largest absolute Gasteiger partial charge is 0.338 e. The molecule has 0 fully saturated rings. The fraction of sp³-hybridized carbons (Fsp3) is 0.529. The van der Waals surface area contributed by atoms with E-state index in [0.29, 0.717) is 19.1 Å². The number of carbonyl (C=O) groups is 2. The maximum Gasteiger partial charge on any atom is 0.321 e. The molecule has 0 aromatic heterocycles. The van der Waals surface area contributed by atoms with Crippen LogP contribution in [0, 0.1) is 0 Å². The Hall–Kier alpha value is -1.88. The molecule has 0 saturated carbocycles. The number of rotatable bonds is 5. The van der Waals surface area contributed by atoms with Crippen LogP contribution in [-0.2, 0) is 11.2 Å². The van der Waals surface area contributed by atoms with Gasteiger partial charge in [0.2, 0.25) is 0 Å². The first-order valence-electron chi connectivity index (χ1n) is 8.09. The molecule has 0 bridgehead atoms. The molecular formula is C17H26N3O2+. The van der Waals surface area contributed by atoms with Gasteiger partial charge in [0.05, 0.1) is 7.05 Å². The second kappa shape index (κ2) is 7.94. The van der Waals surface area contributed by atoms with Crippen LogP contribution in [0.25, 0.3) is 0 Å². The van der Waals surface area contributed by atoms with Crippen LogP contribution >= 0.6 is 0 Å². The van der Waals surface area contributed by atoms with Crippen molar-refractivity contribution in [3.63, 3.8) is 0 Å². The van der Waals surface area contributed by atoms with Crippen molar-refractivity contribution >= 4 is 11.9 Å². The van der Waals surface area contributed by atoms with E-state index in [-0.39, 0.29) is 5.91 Å². The summed E-state index contributed by atoms with van der Waals surface area (Å²) < 4.78 is 0. The number of likely N-dealkylation sites (N-methyl/N-ethyl adjacent to an activating group) is 1. The Labute approximate surface area is 132 Å². The lowest BCUT2D eigenvalue weighted by Gasteiger charge is -2.30. The zero-order chi connectivity index (χ0) is 15.9. The van der Waals surface area contributed by atoms with Crippen molar-refractivity contribution in [2.75, 3.05) is 20.1 Å². The number of carbonyl (C=O) groups excluding carboxylic acids is 2. The highest BCUT2D eigenvalue weighted by Crippen LogP contribution is 2.27. The molecule has 3 N–H and O–H groups in total. The molecule has 1 unspecified atom stereocenters. The Kier molecular flexibility index (Phi) is 5.95. The predicted octanol–water partition coefficient (Wildman–Crippen LogP) is 0.815. The van der Waals surface area contributed by atoms with E-state index >= 15 is 0 Å². The fourth-order valence-corrected chi connectivity index (χ4v) is 3.10. The lowest BCUT2D eigenvalue weighted by molar-refractivity contribution is -0.905. The molecule has 0 spiro atoms. The monoisotopic (exact) mass is 304 g/mol. The molecular weight excluding hydrogens is 278 g/mol. The smallest absolute Gasteiger partial charge is 0.321 e. The van der Waals surface area contributed by atoms with Crippen molar-refractivity contribution in [2.24, 2.45) is 0 Å². The van der Waals surface area contributed by atoms with Gasteiger partial charge in [0.1, 0.15) is 6.04 Å². The molecule has 0 radical (unpaired) electrons. The minimum atomic E-state index is -0.399. The third kappa shape index (κ3) is 4.31. The molecule has 1 aromatic carbocycles. The zero-order valence-corrected chi connectivity index (χ0v) is 13.4. The van der Waals surface area contributed by atoms with Crippen molar-refractivity contribution in [3.8, 4) is 0 Å². The van der Waals surface area contributed by atoms with Crippen molar-refractivity contribution in [3.05, 3.63) is 35.4 Å². The SMILES string of the molecule is CCCNC(=O)NC(=O)C[NH+](C)[C@H]1CCCc2ccccc21. The second-order valence-corrected chi connectivity index (χ2v) is 5.97. The molecule has 5 nitrogen and oxygen atoms in total. The Morgan fingerprint density at radius 1 is 1.32 bits per heavy atom. The molecule has 1 aromatic rings. The molecule has 5 heteroatoms. The first kappa shape index (κ1) is 16.5. The highest BCUT2D eigenvalue weighted by atomic mass is 16.2. The minimum Gasteiger partial charge on any atom is -0.338 e. The van der Waals surface area contributed by atoms with Crippen LogP contribution in [0.3, 0.4) is 0 Å². The summed E-state index contributed by atoms with van der Waals surface area (Å²) in [5, 5.41) is 5.05. The van der Waals surface area contributed by atoms with Crippen LogP contribution in [0.1, 0.15) is 43.4 Å². The summed E-state index contributed by atoms with van der Waals surface area (Å²) in [4.78, 5) is 24.6. The molecule has 22 heavy (non-hydrogen) atoms. The number of aryl methyl sites for hydroxylation is 1. The number of hydrogen-bond acceptors (Lipinski definition) is 2. The van der Waals surface area contributed by atoms with Gasteiger partial charge in [0, 0.05) is 18.5 Å². The van der Waals surface area contributed by atoms with Gasteiger partial charge >= 0.3 is 6.03 Å². The summed E-state index contributed by atoms with van der Waals surface area (Å²) in [5.41, 5.74) is 2.73. The van der Waals surface area contributed by atoms with Gasteiger partial charge in [0.25, 0.3) is 5.91 Å². The van der Waals surface area contributed by atoms with Gasteiger partial charge in [-0.3, -0.25) is 10.1 Å². The van der Waals surface area contributed by atoms with Gasteiger partial charge in [-0.1, -0.05) is 31.2 Å². The third-order valence-electron chi connectivity index (χ3n) is 4.19. The summed E-state index contributed by atoms with van der Waals surface area (Å²) in [5.74, 6) is -0.228. The number of nitrogens with one attached hydrogen (secondary N) is 3. The number of hydrogen-bond donors (Lipinski definition) is 3. The van der Waals surface area contributed by atoms with Gasteiger partial charge in [-0.15, -0.1) is 0 Å².